The summed E-state index contributed by atoms with van der Waals surface area (Å²) < 4.78 is 0. The second-order valence-corrected chi connectivity index (χ2v) is 9.05. The number of hydrogen-bond acceptors (Lipinski definition) is 12. The number of nitrogens with two attached hydrogens (primary N) is 4. The molecule has 10 N–H and O–H groups in total. The van der Waals surface area contributed by atoms with Gasteiger partial charge in [0.1, 0.15) is 0 Å². The van der Waals surface area contributed by atoms with Gasteiger partial charge in [-0.25, -0.2) is 23.4 Å². The van der Waals surface area contributed by atoms with E-state index in [-0.39, 0.29) is 11.9 Å². The van der Waals surface area contributed by atoms with E-state index in [0.29, 0.717) is 5.95 Å². The zero-order valence-electron chi connectivity index (χ0n) is 21.5. The zero-order valence-corrected chi connectivity index (χ0v) is 21.5. The maximum absolute atomic E-state index is 5.41. The summed E-state index contributed by atoms with van der Waals surface area (Å²) in [4.78, 5) is 14.7. The Hall–Kier alpha value is -1.83. The first kappa shape index (κ1) is 30.2. The van der Waals surface area contributed by atoms with Crippen molar-refractivity contribution < 1.29 is 0 Å². The van der Waals surface area contributed by atoms with E-state index in [9.17, 15) is 0 Å². The zero-order chi connectivity index (χ0) is 25.0. The fraction of sp³-hybridized carbons (Fsp3) is 0.864. The highest BCUT2D eigenvalue weighted by molar-refractivity contribution is 5.42. The van der Waals surface area contributed by atoms with Gasteiger partial charge in [0, 0.05) is 13.6 Å². The molecule has 34 heavy (non-hydrogen) atoms. The third-order valence-electron chi connectivity index (χ3n) is 5.77. The van der Waals surface area contributed by atoms with Crippen LogP contribution in [0, 0.1) is 0 Å². The average molecular weight is 483 g/mol. The van der Waals surface area contributed by atoms with Gasteiger partial charge in [-0.2, -0.15) is 15.0 Å². The number of hydrogen-bond donors (Lipinski definition) is 6. The molecule has 0 spiro atoms. The maximum atomic E-state index is 5.41. The summed E-state index contributed by atoms with van der Waals surface area (Å²) >= 11 is 0. The third kappa shape index (κ3) is 15.9. The van der Waals surface area contributed by atoms with E-state index < -0.39 is 0 Å². The minimum absolute atomic E-state index is 0.179. The highest BCUT2D eigenvalue weighted by Gasteiger charge is 2.12. The predicted octanol–water partition coefficient (Wildman–Crippen LogP) is 3.32. The van der Waals surface area contributed by atoms with E-state index in [1.54, 1.807) is 0 Å². The van der Waals surface area contributed by atoms with Crippen molar-refractivity contribution in [2.45, 2.75) is 110 Å². The molecule has 0 saturated carbocycles. The first-order chi connectivity index (χ1) is 16.4. The average Bonchev–Trinajstić information content (AvgIpc) is 2.77. The number of aromatic nitrogens is 3. The lowest BCUT2D eigenvalue weighted by Crippen LogP contribution is -2.44. The van der Waals surface area contributed by atoms with Crippen molar-refractivity contribution in [3.63, 3.8) is 0 Å². The van der Waals surface area contributed by atoms with Crippen LogP contribution < -0.4 is 39.1 Å². The molecule has 0 amide bonds. The summed E-state index contributed by atoms with van der Waals surface area (Å²) in [7, 11) is 1.93. The Balaban J connectivity index is 2.11. The molecule has 0 aliphatic heterocycles. The smallest absolute Gasteiger partial charge is 0.246 e. The van der Waals surface area contributed by atoms with Crippen LogP contribution in [0.25, 0.3) is 0 Å². The Morgan fingerprint density at radius 3 is 1.26 bits per heavy atom. The molecule has 1 rings (SSSR count). The molecule has 0 aliphatic carbocycles. The van der Waals surface area contributed by atoms with Crippen molar-refractivity contribution in [1.82, 2.24) is 25.4 Å². The van der Waals surface area contributed by atoms with E-state index in [1.165, 1.54) is 96.3 Å². The van der Waals surface area contributed by atoms with Crippen molar-refractivity contribution >= 4 is 17.8 Å². The number of unbranched alkanes of at least 4 members (excludes halogenated alkanes) is 15. The van der Waals surface area contributed by atoms with Crippen LogP contribution >= 0.6 is 0 Å². The Bertz CT molecular complexity index is 585. The van der Waals surface area contributed by atoms with Gasteiger partial charge in [0.15, 0.2) is 0 Å². The van der Waals surface area contributed by atoms with Crippen molar-refractivity contribution in [1.29, 1.82) is 0 Å². The van der Waals surface area contributed by atoms with Gasteiger partial charge in [0.05, 0.1) is 0 Å². The van der Waals surface area contributed by atoms with Gasteiger partial charge in [0.2, 0.25) is 17.8 Å². The quantitative estimate of drug-likeness (QED) is 0.0808. The lowest BCUT2D eigenvalue weighted by molar-refractivity contribution is 0.351. The van der Waals surface area contributed by atoms with Gasteiger partial charge in [-0.3, -0.25) is 10.9 Å². The number of rotatable bonds is 22. The monoisotopic (exact) mass is 482 g/mol. The largest absolute Gasteiger partial charge is 0.344 e. The molecular formula is C22H50N12. The number of nitrogens with one attached hydrogen (secondary N) is 2. The standard InChI is InChI=1S/C22H50N12/c1-3-4-5-6-7-8-9-10-11-12-13-14-15-16-17-18-19-32(2)22-28-20(30-33(23)24)27-21(29-22)31-34(25)26/h3-19,23-26H2,1-2H3,(H2,27,28,29,30,31). The first-order valence-electron chi connectivity index (χ1n) is 13.0. The van der Waals surface area contributed by atoms with Gasteiger partial charge in [-0.15, -0.1) is 0 Å². The van der Waals surface area contributed by atoms with Crippen LogP contribution in [0.1, 0.15) is 110 Å². The Morgan fingerprint density at radius 1 is 0.559 bits per heavy atom. The molecule has 1 aromatic heterocycles. The molecule has 1 aromatic rings. The first-order valence-corrected chi connectivity index (χ1v) is 13.0. The summed E-state index contributed by atoms with van der Waals surface area (Å²) in [6.07, 6.45) is 21.6. The maximum Gasteiger partial charge on any atom is 0.246 e. The van der Waals surface area contributed by atoms with Crippen molar-refractivity contribution in [2.24, 2.45) is 23.4 Å². The van der Waals surface area contributed by atoms with Crippen molar-refractivity contribution in [3.05, 3.63) is 0 Å². The summed E-state index contributed by atoms with van der Waals surface area (Å²) in [6.45, 7) is 3.10. The molecule has 198 valence electrons. The molecule has 12 heteroatoms. The predicted molar refractivity (Wildman–Crippen MR) is 140 cm³/mol. The van der Waals surface area contributed by atoms with Crippen LogP contribution in [0.2, 0.25) is 0 Å². The lowest BCUT2D eigenvalue weighted by atomic mass is 10.0. The van der Waals surface area contributed by atoms with Crippen LogP contribution in [0.3, 0.4) is 0 Å². The van der Waals surface area contributed by atoms with E-state index >= 15 is 0 Å². The molecule has 0 fully saturated rings. The van der Waals surface area contributed by atoms with Gasteiger partial charge in [-0.05, 0) is 6.42 Å². The molecule has 0 aliphatic rings. The molecular weight excluding hydrogens is 432 g/mol. The molecule has 0 bridgehead atoms. The van der Waals surface area contributed by atoms with Crippen LogP contribution in [0.4, 0.5) is 17.8 Å². The van der Waals surface area contributed by atoms with Crippen LogP contribution in [-0.2, 0) is 0 Å². The fourth-order valence-electron chi connectivity index (χ4n) is 3.86. The van der Waals surface area contributed by atoms with Gasteiger partial charge < -0.3 is 4.90 Å². The van der Waals surface area contributed by atoms with E-state index in [0.717, 1.165) is 23.4 Å². The van der Waals surface area contributed by atoms with Gasteiger partial charge >= 0.3 is 0 Å². The molecule has 12 nitrogen and oxygen atoms in total. The summed E-state index contributed by atoms with van der Waals surface area (Å²) in [5, 5.41) is 1.53. The molecule has 1 heterocycles. The highest BCUT2D eigenvalue weighted by Crippen LogP contribution is 2.15. The third-order valence-corrected chi connectivity index (χ3v) is 5.77. The highest BCUT2D eigenvalue weighted by atomic mass is 15.8. The van der Waals surface area contributed by atoms with Gasteiger partial charge in [-0.1, -0.05) is 114 Å². The number of nitrogens with zero attached hydrogens (tertiary/aromatic N) is 6. The van der Waals surface area contributed by atoms with E-state index in [1.807, 2.05) is 11.9 Å². The SMILES string of the molecule is CCCCCCCCCCCCCCCCCCN(C)c1nc(NN(N)N)nc(NN(N)N)n1. The number of hydrazine groups is 6. The normalized spacial score (nSPS) is 11.4. The fourth-order valence-corrected chi connectivity index (χ4v) is 3.86. The summed E-state index contributed by atoms with van der Waals surface area (Å²) in [5.41, 5.74) is 5.19. The molecule has 0 saturated heterocycles. The topological polar surface area (TPSA) is 177 Å². The minimum atomic E-state index is 0.179. The second-order valence-electron chi connectivity index (χ2n) is 9.05. The Morgan fingerprint density at radius 2 is 0.912 bits per heavy atom. The second kappa shape index (κ2) is 19.5. The molecule has 0 aromatic carbocycles. The Labute approximate surface area is 206 Å². The minimum Gasteiger partial charge on any atom is -0.344 e. The van der Waals surface area contributed by atoms with Gasteiger partial charge in [0.25, 0.3) is 0 Å². The molecule has 0 unspecified atom stereocenters. The molecule has 0 atom stereocenters. The molecule has 0 radical (unpaired) electrons. The van der Waals surface area contributed by atoms with Crippen molar-refractivity contribution in [2.75, 3.05) is 29.3 Å². The lowest BCUT2D eigenvalue weighted by Gasteiger charge is -2.20. The number of anilines is 3. The summed E-state index contributed by atoms with van der Waals surface area (Å²) in [6, 6.07) is 0. The van der Waals surface area contributed by atoms with E-state index in [2.05, 4.69) is 32.7 Å². The van der Waals surface area contributed by atoms with E-state index in [4.69, 9.17) is 23.4 Å². The van der Waals surface area contributed by atoms with Crippen molar-refractivity contribution in [3.8, 4) is 0 Å². The van der Waals surface area contributed by atoms with Crippen LogP contribution in [-0.4, -0.2) is 39.0 Å². The Kier molecular flexibility index (Phi) is 17.3. The van der Waals surface area contributed by atoms with Crippen LogP contribution in [0.5, 0.6) is 0 Å². The summed E-state index contributed by atoms with van der Waals surface area (Å²) in [5.74, 6) is 22.5. The van der Waals surface area contributed by atoms with Crippen LogP contribution in [0.15, 0.2) is 0 Å².